The van der Waals surface area contributed by atoms with Gasteiger partial charge in [-0.3, -0.25) is 0 Å². The van der Waals surface area contributed by atoms with Crippen LogP contribution in [0.2, 0.25) is 0 Å². The summed E-state index contributed by atoms with van der Waals surface area (Å²) >= 11 is 0. The zero-order chi connectivity index (χ0) is 40.3. The van der Waals surface area contributed by atoms with Gasteiger partial charge in [0, 0.05) is 43.8 Å². The first-order chi connectivity index (χ1) is 30.3. The fourth-order valence-corrected chi connectivity index (χ4v) is 10.3. The molecule has 292 valence electrons. The van der Waals surface area contributed by atoms with Crippen molar-refractivity contribution < 1.29 is 8.83 Å². The number of para-hydroxylation sites is 6. The van der Waals surface area contributed by atoms with Crippen molar-refractivity contribution in [3.63, 3.8) is 0 Å². The van der Waals surface area contributed by atoms with E-state index < -0.39 is 0 Å². The molecule has 0 radical (unpaired) electrons. The number of nitrogens with zero attached hydrogens (tertiary/aromatic N) is 1. The van der Waals surface area contributed by atoms with Crippen molar-refractivity contribution in [2.75, 3.05) is 4.90 Å². The summed E-state index contributed by atoms with van der Waals surface area (Å²) in [6.45, 7) is 0. The lowest BCUT2D eigenvalue weighted by atomic mass is 9.80. The molecule has 12 rings (SSSR count). The number of hydrogen-bond donors (Lipinski definition) is 0. The maximum Gasteiger partial charge on any atom is 0.143 e. The molecule has 0 N–H and O–H groups in total. The van der Waals surface area contributed by atoms with E-state index >= 15 is 0 Å². The molecule has 1 aliphatic carbocycles. The number of anilines is 3. The molecule has 11 aromatic rings. The minimum atomic E-state index is 0.557. The number of hydrogen-bond acceptors (Lipinski definition) is 3. The molecule has 2 aromatic heterocycles. The minimum Gasteiger partial charge on any atom is -0.456 e. The van der Waals surface area contributed by atoms with E-state index in [1.165, 1.54) is 59.6 Å². The molecule has 61 heavy (non-hydrogen) atoms. The third-order valence-corrected chi connectivity index (χ3v) is 13.1. The second-order valence-corrected chi connectivity index (χ2v) is 16.6. The van der Waals surface area contributed by atoms with Gasteiger partial charge in [0.05, 0.1) is 17.1 Å². The first-order valence-corrected chi connectivity index (χ1v) is 21.7. The van der Waals surface area contributed by atoms with Gasteiger partial charge in [0.15, 0.2) is 0 Å². The molecule has 3 nitrogen and oxygen atoms in total. The standard InChI is InChI=1S/C58H43NO2/c1-2-17-38(18-3-1)42-26-14-19-39-20-15-27-47(57(39)42)43-22-5-10-31-52(43)59(51-30-9-4-21-41(51)40-35-36-56-50(37-40)46-25-8-12-33-54(46)60-56)53-32-11-6-23-44(53)48-28-16-29-49-45-24-7-13-34-55(45)61-58(48)49/h4-16,19-38H,1-3,17-18H2. The molecule has 9 aromatic carbocycles. The molecular formula is C58H43NO2. The van der Waals surface area contributed by atoms with E-state index in [2.05, 4.69) is 181 Å². The molecule has 0 atom stereocenters. The van der Waals surface area contributed by atoms with Crippen LogP contribution < -0.4 is 4.90 Å². The van der Waals surface area contributed by atoms with Crippen LogP contribution in [0.25, 0.3) is 88.0 Å². The summed E-state index contributed by atoms with van der Waals surface area (Å²) in [4.78, 5) is 2.50. The number of furan rings is 2. The van der Waals surface area contributed by atoms with Gasteiger partial charge in [-0.05, 0) is 88.7 Å². The van der Waals surface area contributed by atoms with E-state index in [9.17, 15) is 0 Å². The predicted molar refractivity (Wildman–Crippen MR) is 255 cm³/mol. The Balaban J connectivity index is 1.14. The highest BCUT2D eigenvalue weighted by Crippen LogP contribution is 2.51. The molecule has 0 saturated heterocycles. The molecule has 1 saturated carbocycles. The monoisotopic (exact) mass is 785 g/mol. The lowest BCUT2D eigenvalue weighted by Crippen LogP contribution is -2.14. The summed E-state index contributed by atoms with van der Waals surface area (Å²) in [5.74, 6) is 0.557. The minimum absolute atomic E-state index is 0.557. The smallest absolute Gasteiger partial charge is 0.143 e. The molecule has 0 bridgehead atoms. The normalized spacial score (nSPS) is 13.5. The third kappa shape index (κ3) is 5.95. The van der Waals surface area contributed by atoms with Gasteiger partial charge in [0.25, 0.3) is 0 Å². The Morgan fingerprint density at radius 1 is 0.377 bits per heavy atom. The molecule has 0 aliphatic heterocycles. The molecular weight excluding hydrogens is 743 g/mol. The van der Waals surface area contributed by atoms with Gasteiger partial charge < -0.3 is 13.7 Å². The summed E-state index contributed by atoms with van der Waals surface area (Å²) in [6.07, 6.45) is 6.40. The Kier molecular flexibility index (Phi) is 8.59. The highest BCUT2D eigenvalue weighted by molar-refractivity contribution is 6.12. The van der Waals surface area contributed by atoms with E-state index in [0.717, 1.165) is 83.2 Å². The first-order valence-electron chi connectivity index (χ1n) is 21.7. The van der Waals surface area contributed by atoms with Crippen LogP contribution in [-0.2, 0) is 0 Å². The van der Waals surface area contributed by atoms with Gasteiger partial charge in [-0.15, -0.1) is 0 Å². The van der Waals surface area contributed by atoms with Crippen LogP contribution in [0.5, 0.6) is 0 Å². The number of rotatable bonds is 7. The molecule has 0 spiro atoms. The summed E-state index contributed by atoms with van der Waals surface area (Å²) < 4.78 is 13.0. The molecule has 2 heterocycles. The van der Waals surface area contributed by atoms with Gasteiger partial charge >= 0.3 is 0 Å². The van der Waals surface area contributed by atoms with Crippen molar-refractivity contribution in [3.05, 3.63) is 200 Å². The topological polar surface area (TPSA) is 29.5 Å². The Morgan fingerprint density at radius 3 is 1.66 bits per heavy atom. The largest absolute Gasteiger partial charge is 0.456 e. The van der Waals surface area contributed by atoms with Crippen LogP contribution in [0.4, 0.5) is 17.1 Å². The first kappa shape index (κ1) is 35.6. The maximum absolute atomic E-state index is 6.73. The highest BCUT2D eigenvalue weighted by atomic mass is 16.3. The maximum atomic E-state index is 6.73. The number of benzene rings is 9. The molecule has 0 amide bonds. The quantitative estimate of drug-likeness (QED) is 0.161. The highest BCUT2D eigenvalue weighted by Gasteiger charge is 2.26. The van der Waals surface area contributed by atoms with E-state index in [4.69, 9.17) is 8.83 Å². The Labute approximate surface area is 355 Å². The zero-order valence-corrected chi connectivity index (χ0v) is 33.9. The van der Waals surface area contributed by atoms with Crippen molar-refractivity contribution in [1.82, 2.24) is 0 Å². The molecule has 1 fully saturated rings. The van der Waals surface area contributed by atoms with Crippen LogP contribution in [0.1, 0.15) is 43.6 Å². The average molecular weight is 786 g/mol. The van der Waals surface area contributed by atoms with Gasteiger partial charge in [-0.2, -0.15) is 0 Å². The van der Waals surface area contributed by atoms with Gasteiger partial charge in [-0.25, -0.2) is 0 Å². The van der Waals surface area contributed by atoms with E-state index in [0.29, 0.717) is 5.92 Å². The zero-order valence-electron chi connectivity index (χ0n) is 33.9. The van der Waals surface area contributed by atoms with Crippen molar-refractivity contribution in [1.29, 1.82) is 0 Å². The van der Waals surface area contributed by atoms with Crippen LogP contribution >= 0.6 is 0 Å². The molecule has 3 heteroatoms. The summed E-state index contributed by atoms with van der Waals surface area (Å²) in [6, 6.07) is 70.4. The lowest BCUT2D eigenvalue weighted by Gasteiger charge is -2.32. The third-order valence-electron chi connectivity index (χ3n) is 13.1. The SMILES string of the molecule is c1ccc(N(c2ccccc2-c2cccc3c2oc2ccccc23)c2ccccc2-c2cccc3cccc(C4CCCCC4)c23)c(-c2ccc3oc4ccccc4c3c2)c1. The van der Waals surface area contributed by atoms with Gasteiger partial charge in [0.1, 0.15) is 22.3 Å². The van der Waals surface area contributed by atoms with Crippen molar-refractivity contribution in [2.24, 2.45) is 0 Å². The predicted octanol–water partition coefficient (Wildman–Crippen LogP) is 17.2. The van der Waals surface area contributed by atoms with Crippen molar-refractivity contribution in [2.45, 2.75) is 38.0 Å². The Bertz CT molecular complexity index is 3430. The van der Waals surface area contributed by atoms with Crippen molar-refractivity contribution in [3.8, 4) is 33.4 Å². The second-order valence-electron chi connectivity index (χ2n) is 16.6. The van der Waals surface area contributed by atoms with Crippen LogP contribution in [0.3, 0.4) is 0 Å². The lowest BCUT2D eigenvalue weighted by molar-refractivity contribution is 0.445. The molecule has 1 aliphatic rings. The van der Waals surface area contributed by atoms with Crippen LogP contribution in [-0.4, -0.2) is 0 Å². The fourth-order valence-electron chi connectivity index (χ4n) is 10.3. The van der Waals surface area contributed by atoms with Crippen molar-refractivity contribution >= 4 is 71.7 Å². The summed E-state index contributed by atoms with van der Waals surface area (Å²) in [5.41, 5.74) is 15.2. The Morgan fingerprint density at radius 2 is 0.902 bits per heavy atom. The van der Waals surface area contributed by atoms with Crippen LogP contribution in [0.15, 0.2) is 203 Å². The van der Waals surface area contributed by atoms with Gasteiger partial charge in [0.2, 0.25) is 0 Å². The summed E-state index contributed by atoms with van der Waals surface area (Å²) in [5, 5.41) is 7.12. The van der Waals surface area contributed by atoms with Gasteiger partial charge in [-0.1, -0.05) is 171 Å². The average Bonchev–Trinajstić information content (AvgIpc) is 3.90. The van der Waals surface area contributed by atoms with Crippen LogP contribution in [0, 0.1) is 0 Å². The molecule has 0 unspecified atom stereocenters. The fraction of sp³-hybridized carbons (Fsp3) is 0.103. The summed E-state index contributed by atoms with van der Waals surface area (Å²) in [7, 11) is 0. The number of fused-ring (bicyclic) bond motifs is 7. The van der Waals surface area contributed by atoms with E-state index in [-0.39, 0.29) is 0 Å². The van der Waals surface area contributed by atoms with E-state index in [1.807, 2.05) is 18.2 Å². The van der Waals surface area contributed by atoms with E-state index in [1.54, 1.807) is 0 Å². The second kappa shape index (κ2) is 14.7. The Hall–Kier alpha value is -7.36.